The first kappa shape index (κ1) is 25.3. The second-order valence-corrected chi connectivity index (χ2v) is 9.51. The summed E-state index contributed by atoms with van der Waals surface area (Å²) < 4.78 is 47.6. The van der Waals surface area contributed by atoms with Gasteiger partial charge in [-0.25, -0.2) is 8.42 Å². The summed E-state index contributed by atoms with van der Waals surface area (Å²) in [6.45, 7) is -0.105. The smallest absolute Gasteiger partial charge is 0.309 e. The Morgan fingerprint density at radius 1 is 0.941 bits per heavy atom. The van der Waals surface area contributed by atoms with Crippen molar-refractivity contribution in [3.63, 3.8) is 0 Å². The summed E-state index contributed by atoms with van der Waals surface area (Å²) in [6, 6.07) is 11.1. The number of carbonyl (C=O) groups is 2. The number of nitrogens with one attached hydrogen (secondary N) is 1. The normalized spacial score (nSPS) is 14.8. The van der Waals surface area contributed by atoms with E-state index in [1.54, 1.807) is 30.3 Å². The van der Waals surface area contributed by atoms with Crippen molar-refractivity contribution < 1.29 is 37.0 Å². The van der Waals surface area contributed by atoms with Gasteiger partial charge < -0.3 is 24.3 Å². The van der Waals surface area contributed by atoms with Crippen LogP contribution in [0.3, 0.4) is 0 Å². The van der Waals surface area contributed by atoms with Crippen molar-refractivity contribution in [1.82, 2.24) is 4.31 Å². The van der Waals surface area contributed by atoms with Crippen molar-refractivity contribution in [1.29, 1.82) is 0 Å². The van der Waals surface area contributed by atoms with Gasteiger partial charge in [0.25, 0.3) is 5.91 Å². The Balaban J connectivity index is 1.50. The number of hydrogen-bond acceptors (Lipinski definition) is 8. The maximum Gasteiger partial charge on any atom is 0.309 e. The number of piperidine rings is 1. The van der Waals surface area contributed by atoms with E-state index in [0.717, 1.165) is 0 Å². The highest BCUT2D eigenvalue weighted by atomic mass is 32.2. The summed E-state index contributed by atoms with van der Waals surface area (Å²) in [5, 5.41) is 2.63. The molecule has 0 spiro atoms. The zero-order valence-corrected chi connectivity index (χ0v) is 20.1. The van der Waals surface area contributed by atoms with Gasteiger partial charge in [0.15, 0.2) is 6.61 Å². The van der Waals surface area contributed by atoms with Crippen LogP contribution in [-0.2, 0) is 24.3 Å². The van der Waals surface area contributed by atoms with Crippen molar-refractivity contribution >= 4 is 27.6 Å². The predicted molar refractivity (Wildman–Crippen MR) is 124 cm³/mol. The minimum Gasteiger partial charge on any atom is -0.497 e. The van der Waals surface area contributed by atoms with Crippen LogP contribution in [0, 0.1) is 5.92 Å². The molecule has 0 saturated carbocycles. The van der Waals surface area contributed by atoms with Gasteiger partial charge >= 0.3 is 5.97 Å². The summed E-state index contributed by atoms with van der Waals surface area (Å²) in [5.41, 5.74) is 0.389. The van der Waals surface area contributed by atoms with E-state index in [4.69, 9.17) is 18.9 Å². The molecule has 1 saturated heterocycles. The summed E-state index contributed by atoms with van der Waals surface area (Å²) in [7, 11) is 0.811. The molecule has 34 heavy (non-hydrogen) atoms. The quantitative estimate of drug-likeness (QED) is 0.530. The first-order valence-corrected chi connectivity index (χ1v) is 12.0. The number of esters is 1. The van der Waals surface area contributed by atoms with Crippen molar-refractivity contribution in [3.8, 4) is 17.2 Å². The Morgan fingerprint density at radius 2 is 1.56 bits per heavy atom. The van der Waals surface area contributed by atoms with Crippen LogP contribution in [0.15, 0.2) is 47.4 Å². The summed E-state index contributed by atoms with van der Waals surface area (Å²) in [4.78, 5) is 24.9. The van der Waals surface area contributed by atoms with E-state index in [9.17, 15) is 18.0 Å². The Hall–Kier alpha value is -3.31. The summed E-state index contributed by atoms with van der Waals surface area (Å²) >= 11 is 0. The number of ether oxygens (including phenoxy) is 4. The SMILES string of the molecule is COc1ccc(S(=O)(=O)N2CCC(C(=O)OCC(=O)Nc3cc(OC)ccc3OC)CC2)cc1. The number of anilines is 1. The molecule has 0 aromatic heterocycles. The molecule has 10 nitrogen and oxygen atoms in total. The molecule has 0 atom stereocenters. The number of nitrogens with zero attached hydrogens (tertiary/aromatic N) is 1. The Labute approximate surface area is 198 Å². The molecular weight excluding hydrogens is 464 g/mol. The van der Waals surface area contributed by atoms with E-state index in [1.165, 1.54) is 37.8 Å². The minimum atomic E-state index is -3.67. The molecule has 0 aliphatic carbocycles. The first-order valence-electron chi connectivity index (χ1n) is 10.6. The third kappa shape index (κ3) is 5.97. The zero-order chi connectivity index (χ0) is 24.7. The van der Waals surface area contributed by atoms with Gasteiger partial charge in [0.05, 0.1) is 37.8 Å². The number of rotatable bonds is 9. The van der Waals surface area contributed by atoms with E-state index in [0.29, 0.717) is 35.8 Å². The molecular formula is C23H28N2O8S. The van der Waals surface area contributed by atoms with Crippen LogP contribution in [0.4, 0.5) is 5.69 Å². The average Bonchev–Trinajstić information content (AvgIpc) is 2.87. The lowest BCUT2D eigenvalue weighted by molar-refractivity contribution is -0.152. The van der Waals surface area contributed by atoms with E-state index in [-0.39, 0.29) is 18.0 Å². The topological polar surface area (TPSA) is 120 Å². The molecule has 184 valence electrons. The van der Waals surface area contributed by atoms with Crippen LogP contribution in [0.5, 0.6) is 17.2 Å². The molecule has 0 radical (unpaired) electrons. The standard InChI is InChI=1S/C23H28N2O8S/c1-30-17-4-7-19(8-5-17)34(28,29)25-12-10-16(11-13-25)23(27)33-15-22(26)24-20-14-18(31-2)6-9-21(20)32-3/h4-9,14,16H,10-13,15H2,1-3H3,(H,24,26). The van der Waals surface area contributed by atoms with Crippen LogP contribution in [-0.4, -0.2) is 65.6 Å². The van der Waals surface area contributed by atoms with Crippen molar-refractivity contribution in [2.45, 2.75) is 17.7 Å². The van der Waals surface area contributed by atoms with Crippen LogP contribution in [0.1, 0.15) is 12.8 Å². The third-order valence-electron chi connectivity index (χ3n) is 5.51. The molecule has 1 heterocycles. The molecule has 0 unspecified atom stereocenters. The molecule has 2 aromatic rings. The van der Waals surface area contributed by atoms with Crippen molar-refractivity contribution in [3.05, 3.63) is 42.5 Å². The molecule has 0 bridgehead atoms. The van der Waals surface area contributed by atoms with Gasteiger partial charge in [-0.1, -0.05) is 0 Å². The number of hydrogen-bond donors (Lipinski definition) is 1. The molecule has 3 rings (SSSR count). The molecule has 1 aliphatic heterocycles. The van der Waals surface area contributed by atoms with E-state index in [2.05, 4.69) is 5.32 Å². The van der Waals surface area contributed by atoms with Crippen LogP contribution in [0.25, 0.3) is 0 Å². The van der Waals surface area contributed by atoms with Gasteiger partial charge in [0, 0.05) is 19.2 Å². The fourth-order valence-corrected chi connectivity index (χ4v) is 5.05. The highest BCUT2D eigenvalue weighted by Gasteiger charge is 2.33. The van der Waals surface area contributed by atoms with Gasteiger partial charge in [0.1, 0.15) is 17.2 Å². The van der Waals surface area contributed by atoms with Gasteiger partial charge in [-0.05, 0) is 49.2 Å². The highest BCUT2D eigenvalue weighted by molar-refractivity contribution is 7.89. The maximum absolute atomic E-state index is 12.8. The summed E-state index contributed by atoms with van der Waals surface area (Å²) in [6.07, 6.45) is 0.610. The number of amides is 1. The fraction of sp³-hybridized carbons (Fsp3) is 0.391. The second-order valence-electron chi connectivity index (χ2n) is 7.58. The van der Waals surface area contributed by atoms with E-state index >= 15 is 0 Å². The maximum atomic E-state index is 12.8. The monoisotopic (exact) mass is 492 g/mol. The Bertz CT molecular complexity index is 1110. The van der Waals surface area contributed by atoms with Crippen LogP contribution in [0.2, 0.25) is 0 Å². The molecule has 1 aliphatic rings. The number of methoxy groups -OCH3 is 3. The van der Waals surface area contributed by atoms with Crippen molar-refractivity contribution in [2.24, 2.45) is 5.92 Å². The first-order chi connectivity index (χ1) is 16.3. The van der Waals surface area contributed by atoms with Gasteiger partial charge in [-0.15, -0.1) is 0 Å². The number of carbonyl (C=O) groups excluding carboxylic acids is 2. The molecule has 1 amide bonds. The third-order valence-corrected chi connectivity index (χ3v) is 7.42. The Morgan fingerprint density at radius 3 is 2.15 bits per heavy atom. The molecule has 2 aromatic carbocycles. The van der Waals surface area contributed by atoms with Crippen LogP contribution < -0.4 is 19.5 Å². The Kier molecular flexibility index (Phi) is 8.35. The van der Waals surface area contributed by atoms with Gasteiger partial charge in [-0.3, -0.25) is 9.59 Å². The van der Waals surface area contributed by atoms with Crippen molar-refractivity contribution in [2.75, 3.05) is 46.3 Å². The summed E-state index contributed by atoms with van der Waals surface area (Å²) in [5.74, 6) is -0.0141. The number of benzene rings is 2. The zero-order valence-electron chi connectivity index (χ0n) is 19.3. The second kappa shape index (κ2) is 11.2. The fourth-order valence-electron chi connectivity index (χ4n) is 3.58. The van der Waals surface area contributed by atoms with Gasteiger partial charge in [-0.2, -0.15) is 4.31 Å². The average molecular weight is 493 g/mol. The minimum absolute atomic E-state index is 0.166. The number of sulfonamides is 1. The molecule has 1 N–H and O–H groups in total. The van der Waals surface area contributed by atoms with Gasteiger partial charge in [0.2, 0.25) is 10.0 Å². The largest absolute Gasteiger partial charge is 0.497 e. The molecule has 11 heteroatoms. The molecule has 1 fully saturated rings. The lowest BCUT2D eigenvalue weighted by atomic mass is 9.98. The lowest BCUT2D eigenvalue weighted by Gasteiger charge is -2.30. The van der Waals surface area contributed by atoms with Crippen LogP contribution >= 0.6 is 0 Å². The lowest BCUT2D eigenvalue weighted by Crippen LogP contribution is -2.40. The van der Waals surface area contributed by atoms with E-state index < -0.39 is 34.4 Å². The van der Waals surface area contributed by atoms with E-state index in [1.807, 2.05) is 0 Å². The highest BCUT2D eigenvalue weighted by Crippen LogP contribution is 2.29. The predicted octanol–water partition coefficient (Wildman–Crippen LogP) is 2.29.